The maximum atomic E-state index is 12.0. The van der Waals surface area contributed by atoms with Crippen molar-refractivity contribution >= 4 is 39.3 Å². The number of rotatable bonds is 2. The van der Waals surface area contributed by atoms with Gasteiger partial charge in [0.15, 0.2) is 0 Å². The van der Waals surface area contributed by atoms with Crippen molar-refractivity contribution in [2.24, 2.45) is 0 Å². The van der Waals surface area contributed by atoms with Gasteiger partial charge in [-0.15, -0.1) is 0 Å². The molecule has 1 N–H and O–H groups in total. The monoisotopic (exact) mass is 418 g/mol. The van der Waals surface area contributed by atoms with Crippen LogP contribution in [0.15, 0.2) is 101 Å². The molecule has 3 heteroatoms. The van der Waals surface area contributed by atoms with Crippen LogP contribution in [0.3, 0.4) is 0 Å². The molecule has 6 rings (SSSR count). The van der Waals surface area contributed by atoms with Gasteiger partial charge in [-0.3, -0.25) is 0 Å². The second-order valence-corrected chi connectivity index (χ2v) is 8.87. The van der Waals surface area contributed by atoms with Gasteiger partial charge < -0.3 is 5.11 Å². The summed E-state index contributed by atoms with van der Waals surface area (Å²) in [6.45, 7) is 0. The van der Waals surface area contributed by atoms with Crippen LogP contribution in [0.25, 0.3) is 32.7 Å². The number of hydrogen-bond donors (Lipinski definition) is 1. The average molecular weight is 419 g/mol. The third kappa shape index (κ3) is 2.77. The Morgan fingerprint density at radius 2 is 1.39 bits per heavy atom. The molecule has 31 heavy (non-hydrogen) atoms. The van der Waals surface area contributed by atoms with E-state index in [1.54, 1.807) is 12.1 Å². The predicted molar refractivity (Wildman–Crippen MR) is 127 cm³/mol. The molecule has 1 heterocycles. The van der Waals surface area contributed by atoms with Gasteiger partial charge in [-0.25, -0.2) is 4.79 Å². The molecule has 0 aromatic heterocycles. The Morgan fingerprint density at radius 3 is 2.26 bits per heavy atom. The van der Waals surface area contributed by atoms with Gasteiger partial charge in [0.25, 0.3) is 0 Å². The fraction of sp³-hybridized carbons (Fsp3) is 0.0357. The van der Waals surface area contributed by atoms with Gasteiger partial charge in [-0.2, -0.15) is 0 Å². The largest absolute Gasteiger partial charge is 0.478 e. The Bertz CT molecular complexity index is 1520. The van der Waals surface area contributed by atoms with Crippen LogP contribution in [0.1, 0.15) is 21.5 Å². The topological polar surface area (TPSA) is 37.3 Å². The van der Waals surface area contributed by atoms with Crippen LogP contribution in [0.5, 0.6) is 0 Å². The molecule has 0 atom stereocenters. The van der Waals surface area contributed by atoms with Crippen molar-refractivity contribution < 1.29 is 9.90 Å². The van der Waals surface area contributed by atoms with Gasteiger partial charge in [-0.05, 0) is 55.9 Å². The molecule has 0 fully saturated rings. The summed E-state index contributed by atoms with van der Waals surface area (Å²) in [7, 11) is 0. The average Bonchev–Trinajstić information content (AvgIpc) is 2.82. The summed E-state index contributed by atoms with van der Waals surface area (Å²) >= 11 is 1.82. The molecule has 5 aromatic rings. The summed E-state index contributed by atoms with van der Waals surface area (Å²) in [6, 6.07) is 30.7. The van der Waals surface area contributed by atoms with Crippen molar-refractivity contribution in [1.29, 1.82) is 0 Å². The highest BCUT2D eigenvalue weighted by atomic mass is 32.2. The molecule has 0 radical (unpaired) electrons. The van der Waals surface area contributed by atoms with E-state index in [2.05, 4.69) is 60.7 Å². The van der Waals surface area contributed by atoms with Gasteiger partial charge >= 0.3 is 5.97 Å². The first-order valence-corrected chi connectivity index (χ1v) is 11.1. The lowest BCUT2D eigenvalue weighted by Gasteiger charge is -2.25. The Hall–Kier alpha value is -3.56. The van der Waals surface area contributed by atoms with E-state index in [4.69, 9.17) is 0 Å². The highest BCUT2D eigenvalue weighted by Crippen LogP contribution is 2.49. The van der Waals surface area contributed by atoms with E-state index in [1.807, 2.05) is 30.0 Å². The number of hydrogen-bond acceptors (Lipinski definition) is 2. The zero-order valence-electron chi connectivity index (χ0n) is 16.6. The Labute approximate surface area is 184 Å². The van der Waals surface area contributed by atoms with Crippen molar-refractivity contribution in [3.63, 3.8) is 0 Å². The van der Waals surface area contributed by atoms with Crippen molar-refractivity contribution in [2.75, 3.05) is 0 Å². The van der Waals surface area contributed by atoms with E-state index < -0.39 is 5.97 Å². The number of aromatic carboxylic acids is 1. The van der Waals surface area contributed by atoms with Crippen LogP contribution in [0.4, 0.5) is 0 Å². The van der Waals surface area contributed by atoms with Crippen molar-refractivity contribution in [1.82, 2.24) is 0 Å². The first-order chi connectivity index (χ1) is 15.2. The van der Waals surface area contributed by atoms with Gasteiger partial charge in [0.1, 0.15) is 0 Å². The van der Waals surface area contributed by atoms with Crippen molar-refractivity contribution in [3.8, 4) is 11.1 Å². The fourth-order valence-electron chi connectivity index (χ4n) is 4.76. The molecule has 148 valence electrons. The Kier molecular flexibility index (Phi) is 4.12. The molecule has 0 amide bonds. The van der Waals surface area contributed by atoms with Crippen LogP contribution in [-0.2, 0) is 6.42 Å². The lowest BCUT2D eigenvalue weighted by molar-refractivity contribution is 0.0697. The van der Waals surface area contributed by atoms with Crippen LogP contribution >= 0.6 is 11.8 Å². The normalized spacial score (nSPS) is 12.5. The number of carboxylic acids is 1. The number of carbonyl (C=O) groups is 1. The quantitative estimate of drug-likeness (QED) is 0.297. The summed E-state index contributed by atoms with van der Waals surface area (Å²) in [5.74, 6) is -0.901. The number of fused-ring (bicyclic) bond motifs is 7. The van der Waals surface area contributed by atoms with Gasteiger partial charge in [-0.1, -0.05) is 90.6 Å². The molecule has 0 aliphatic carbocycles. The standard InChI is InChI=1S/C28H18O2S/c29-28(30)23-12-5-3-10-19(23)21-14-7-13-20-18-9-2-4-11-22(18)27-24(26(20)21)16-17-8-1-6-15-25(17)31-27/h1-15H,16H2,(H,29,30). The molecule has 2 nitrogen and oxygen atoms in total. The van der Waals surface area contributed by atoms with Gasteiger partial charge in [0, 0.05) is 16.2 Å². The van der Waals surface area contributed by atoms with Crippen molar-refractivity contribution in [3.05, 3.63) is 108 Å². The van der Waals surface area contributed by atoms with E-state index in [1.165, 1.54) is 37.1 Å². The van der Waals surface area contributed by atoms with Gasteiger partial charge in [0.05, 0.1) is 5.56 Å². The summed E-state index contributed by atoms with van der Waals surface area (Å²) in [6.07, 6.45) is 0.839. The minimum absolute atomic E-state index is 0.334. The molecule has 0 saturated carbocycles. The third-order valence-electron chi connectivity index (χ3n) is 6.10. The van der Waals surface area contributed by atoms with Crippen LogP contribution in [-0.4, -0.2) is 11.1 Å². The first-order valence-electron chi connectivity index (χ1n) is 10.3. The summed E-state index contributed by atoms with van der Waals surface area (Å²) in [4.78, 5) is 14.6. The second kappa shape index (κ2) is 7.00. The van der Waals surface area contributed by atoms with Crippen LogP contribution < -0.4 is 0 Å². The maximum absolute atomic E-state index is 12.0. The maximum Gasteiger partial charge on any atom is 0.336 e. The fourth-order valence-corrected chi connectivity index (χ4v) is 5.98. The molecule has 0 unspecified atom stereocenters. The summed E-state index contributed by atoms with van der Waals surface area (Å²) in [5, 5.41) is 14.6. The molecular formula is C28H18O2S. The Balaban J connectivity index is 1.77. The number of benzene rings is 5. The van der Waals surface area contributed by atoms with E-state index in [0.29, 0.717) is 5.56 Å². The van der Waals surface area contributed by atoms with Crippen LogP contribution in [0.2, 0.25) is 0 Å². The molecule has 1 aliphatic heterocycles. The first kappa shape index (κ1) is 18.2. The highest BCUT2D eigenvalue weighted by Gasteiger charge is 2.24. The van der Waals surface area contributed by atoms with E-state index in [-0.39, 0.29) is 0 Å². The molecule has 1 aliphatic rings. The SMILES string of the molecule is O=C(O)c1ccccc1-c1cccc2c1c1c(c3ccccc32)Sc2ccccc2C1. The second-order valence-electron chi connectivity index (χ2n) is 7.82. The third-order valence-corrected chi connectivity index (χ3v) is 7.39. The Morgan fingerprint density at radius 1 is 0.710 bits per heavy atom. The van der Waals surface area contributed by atoms with E-state index in [0.717, 1.165) is 22.9 Å². The summed E-state index contributed by atoms with van der Waals surface area (Å²) in [5.41, 5.74) is 4.69. The highest BCUT2D eigenvalue weighted by molar-refractivity contribution is 7.99. The molecule has 0 saturated heterocycles. The van der Waals surface area contributed by atoms with Gasteiger partial charge in [0.2, 0.25) is 0 Å². The predicted octanol–water partition coefficient (Wildman–Crippen LogP) is 7.41. The minimum atomic E-state index is -0.901. The summed E-state index contributed by atoms with van der Waals surface area (Å²) < 4.78 is 0. The van der Waals surface area contributed by atoms with Crippen LogP contribution in [0, 0.1) is 0 Å². The lowest BCUT2D eigenvalue weighted by Crippen LogP contribution is -2.04. The zero-order valence-corrected chi connectivity index (χ0v) is 17.4. The van der Waals surface area contributed by atoms with E-state index >= 15 is 0 Å². The molecule has 5 aromatic carbocycles. The molecular weight excluding hydrogens is 400 g/mol. The zero-order chi connectivity index (χ0) is 20.9. The van der Waals surface area contributed by atoms with Crippen molar-refractivity contribution in [2.45, 2.75) is 16.2 Å². The van der Waals surface area contributed by atoms with E-state index in [9.17, 15) is 9.90 Å². The number of carboxylic acid groups (broad SMARTS) is 1. The smallest absolute Gasteiger partial charge is 0.336 e. The lowest BCUT2D eigenvalue weighted by atomic mass is 9.87. The molecule has 0 spiro atoms. The minimum Gasteiger partial charge on any atom is -0.478 e. The molecule has 0 bridgehead atoms.